The zero-order valence-corrected chi connectivity index (χ0v) is 8.58. The highest BCUT2D eigenvalue weighted by molar-refractivity contribution is 6.32. The van der Waals surface area contributed by atoms with Gasteiger partial charge in [0.2, 0.25) is 0 Å². The molecule has 0 aliphatic heterocycles. The van der Waals surface area contributed by atoms with Crippen LogP contribution in [0.5, 0.6) is 0 Å². The van der Waals surface area contributed by atoms with Crippen molar-refractivity contribution in [2.75, 3.05) is 0 Å². The van der Waals surface area contributed by atoms with Gasteiger partial charge in [-0.05, 0) is 6.42 Å². The van der Waals surface area contributed by atoms with Crippen LogP contribution < -0.4 is 0 Å². The first kappa shape index (κ1) is 11.4. The van der Waals surface area contributed by atoms with Gasteiger partial charge in [0, 0.05) is 7.05 Å². The van der Waals surface area contributed by atoms with Crippen LogP contribution in [0.25, 0.3) is 0 Å². The first-order valence-corrected chi connectivity index (χ1v) is 4.54. The van der Waals surface area contributed by atoms with Crippen LogP contribution in [-0.4, -0.2) is 9.78 Å². The van der Waals surface area contributed by atoms with Gasteiger partial charge in [0.1, 0.15) is 0 Å². The average molecular weight is 227 g/mol. The van der Waals surface area contributed by atoms with E-state index in [9.17, 15) is 13.2 Å². The molecule has 6 heteroatoms. The Kier molecular flexibility index (Phi) is 3.09. The molecule has 0 saturated heterocycles. The summed E-state index contributed by atoms with van der Waals surface area (Å²) in [6.07, 6.45) is -3.24. The van der Waals surface area contributed by atoms with Crippen LogP contribution >= 0.6 is 11.6 Å². The Balaban J connectivity index is 3.17. The number of nitrogens with zero attached hydrogens (tertiary/aromatic N) is 2. The average Bonchev–Trinajstić information content (AvgIpc) is 2.31. The number of hydrogen-bond acceptors (Lipinski definition) is 1. The molecule has 0 aliphatic rings. The summed E-state index contributed by atoms with van der Waals surface area (Å²) in [5.41, 5.74) is -0.563. The van der Waals surface area contributed by atoms with E-state index in [1.807, 2.05) is 6.92 Å². The van der Waals surface area contributed by atoms with E-state index >= 15 is 0 Å². The Labute approximate surface area is 84.7 Å². The van der Waals surface area contributed by atoms with Crippen molar-refractivity contribution < 1.29 is 13.2 Å². The number of hydrogen-bond donors (Lipinski definition) is 0. The summed E-state index contributed by atoms with van der Waals surface area (Å²) in [6.45, 7) is 1.87. The van der Waals surface area contributed by atoms with Gasteiger partial charge < -0.3 is 0 Å². The van der Waals surface area contributed by atoms with Crippen LogP contribution in [0.3, 0.4) is 0 Å². The van der Waals surface area contributed by atoms with Crippen molar-refractivity contribution >= 4 is 11.6 Å². The van der Waals surface area contributed by atoms with E-state index in [2.05, 4.69) is 5.10 Å². The minimum atomic E-state index is -4.47. The van der Waals surface area contributed by atoms with Gasteiger partial charge in [0.05, 0.1) is 10.7 Å². The highest BCUT2D eigenvalue weighted by Gasteiger charge is 2.38. The minimum absolute atomic E-state index is 0.276. The van der Waals surface area contributed by atoms with Crippen LogP contribution in [0.1, 0.15) is 24.7 Å². The number of rotatable bonds is 2. The molecule has 0 bridgehead atoms. The molecule has 1 heterocycles. The van der Waals surface area contributed by atoms with Crippen molar-refractivity contribution in [1.29, 1.82) is 0 Å². The normalized spacial score (nSPS) is 12.1. The van der Waals surface area contributed by atoms with Crippen LogP contribution in [0, 0.1) is 0 Å². The molecule has 0 unspecified atom stereocenters. The van der Waals surface area contributed by atoms with Gasteiger partial charge >= 0.3 is 6.18 Å². The summed E-state index contributed by atoms with van der Waals surface area (Å²) in [7, 11) is 1.46. The van der Waals surface area contributed by atoms with Gasteiger partial charge in [-0.15, -0.1) is 0 Å². The number of aromatic nitrogens is 2. The topological polar surface area (TPSA) is 17.8 Å². The lowest BCUT2D eigenvalue weighted by atomic mass is 10.2. The Morgan fingerprint density at radius 3 is 2.36 bits per heavy atom. The summed E-state index contributed by atoms with van der Waals surface area (Å²) >= 11 is 5.59. The van der Waals surface area contributed by atoms with Gasteiger partial charge in [-0.1, -0.05) is 24.9 Å². The predicted octanol–water partition coefficient (Wildman–Crippen LogP) is 3.04. The first-order chi connectivity index (χ1) is 6.38. The van der Waals surface area contributed by atoms with Crippen molar-refractivity contribution in [3.05, 3.63) is 16.4 Å². The quantitative estimate of drug-likeness (QED) is 0.758. The Morgan fingerprint density at radius 2 is 2.00 bits per heavy atom. The zero-order valence-electron chi connectivity index (χ0n) is 7.82. The van der Waals surface area contributed by atoms with Crippen LogP contribution in [0.15, 0.2) is 0 Å². The van der Waals surface area contributed by atoms with Crippen LogP contribution in [0.4, 0.5) is 13.2 Å². The zero-order chi connectivity index (χ0) is 10.9. The SMILES string of the molecule is CCCc1c(Cl)c(C(F)(F)F)nn1C. The minimum Gasteiger partial charge on any atom is -0.271 e. The maximum absolute atomic E-state index is 12.3. The Hall–Kier alpha value is -0.710. The van der Waals surface area contributed by atoms with Crippen molar-refractivity contribution in [3.8, 4) is 0 Å². The Morgan fingerprint density at radius 1 is 1.43 bits per heavy atom. The third kappa shape index (κ3) is 2.03. The Bertz CT molecular complexity index is 330. The predicted molar refractivity (Wildman–Crippen MR) is 47.2 cm³/mol. The standard InChI is InChI=1S/C8H10ClF3N2/c1-3-4-5-6(9)7(8(10,11)12)13-14(5)2/h3-4H2,1-2H3. The molecular formula is C8H10ClF3N2. The monoisotopic (exact) mass is 226 g/mol. The molecule has 80 valence electrons. The highest BCUT2D eigenvalue weighted by atomic mass is 35.5. The largest absolute Gasteiger partial charge is 0.436 e. The molecule has 0 N–H and O–H groups in total. The van der Waals surface area contributed by atoms with E-state index in [1.54, 1.807) is 0 Å². The summed E-state index contributed by atoms with van der Waals surface area (Å²) in [6, 6.07) is 0. The van der Waals surface area contributed by atoms with Crippen LogP contribution in [-0.2, 0) is 19.6 Å². The van der Waals surface area contributed by atoms with E-state index in [0.717, 1.165) is 6.42 Å². The highest BCUT2D eigenvalue weighted by Crippen LogP contribution is 2.35. The number of alkyl halides is 3. The molecule has 0 aromatic carbocycles. The van der Waals surface area contributed by atoms with E-state index in [-0.39, 0.29) is 5.02 Å². The summed E-state index contributed by atoms with van der Waals surface area (Å²) in [5, 5.41) is 3.08. The van der Waals surface area contributed by atoms with Gasteiger partial charge in [0.15, 0.2) is 5.69 Å². The fraction of sp³-hybridized carbons (Fsp3) is 0.625. The van der Waals surface area contributed by atoms with Gasteiger partial charge in [-0.3, -0.25) is 4.68 Å². The molecule has 0 amide bonds. The smallest absolute Gasteiger partial charge is 0.271 e. The molecule has 2 nitrogen and oxygen atoms in total. The second kappa shape index (κ2) is 3.81. The molecular weight excluding hydrogens is 217 g/mol. The summed E-state index contributed by atoms with van der Waals surface area (Å²) in [4.78, 5) is 0. The third-order valence-electron chi connectivity index (χ3n) is 1.86. The van der Waals surface area contributed by atoms with E-state index in [0.29, 0.717) is 12.1 Å². The van der Waals surface area contributed by atoms with Crippen molar-refractivity contribution in [2.24, 2.45) is 7.05 Å². The molecule has 0 radical (unpaired) electrons. The van der Waals surface area contributed by atoms with Crippen molar-refractivity contribution in [2.45, 2.75) is 25.9 Å². The van der Waals surface area contributed by atoms with Crippen molar-refractivity contribution in [1.82, 2.24) is 9.78 Å². The second-order valence-corrected chi connectivity index (χ2v) is 3.36. The third-order valence-corrected chi connectivity index (χ3v) is 2.25. The van der Waals surface area contributed by atoms with E-state index in [1.165, 1.54) is 11.7 Å². The number of halogens is 4. The van der Waals surface area contributed by atoms with E-state index < -0.39 is 11.9 Å². The molecule has 0 atom stereocenters. The molecule has 0 saturated carbocycles. The van der Waals surface area contributed by atoms with E-state index in [4.69, 9.17) is 11.6 Å². The lowest BCUT2D eigenvalue weighted by molar-refractivity contribution is -0.141. The molecule has 1 aromatic rings. The van der Waals surface area contributed by atoms with Crippen LogP contribution in [0.2, 0.25) is 5.02 Å². The summed E-state index contributed by atoms with van der Waals surface area (Å²) in [5.74, 6) is 0. The fourth-order valence-corrected chi connectivity index (χ4v) is 1.58. The molecule has 1 aromatic heterocycles. The maximum atomic E-state index is 12.3. The van der Waals surface area contributed by atoms with Gasteiger partial charge in [0.25, 0.3) is 0 Å². The molecule has 0 spiro atoms. The maximum Gasteiger partial charge on any atom is 0.436 e. The molecule has 14 heavy (non-hydrogen) atoms. The summed E-state index contributed by atoms with van der Waals surface area (Å²) < 4.78 is 38.2. The number of aryl methyl sites for hydroxylation is 1. The molecule has 0 fully saturated rings. The van der Waals surface area contributed by atoms with Gasteiger partial charge in [-0.2, -0.15) is 18.3 Å². The lowest BCUT2D eigenvalue weighted by Gasteiger charge is -2.01. The molecule has 1 rings (SSSR count). The first-order valence-electron chi connectivity index (χ1n) is 4.16. The molecule has 0 aliphatic carbocycles. The fourth-order valence-electron chi connectivity index (χ4n) is 1.22. The van der Waals surface area contributed by atoms with Gasteiger partial charge in [-0.25, -0.2) is 0 Å². The lowest BCUT2D eigenvalue weighted by Crippen LogP contribution is -2.07. The second-order valence-electron chi connectivity index (χ2n) is 2.98. The van der Waals surface area contributed by atoms with Crippen molar-refractivity contribution in [3.63, 3.8) is 0 Å².